The predicted molar refractivity (Wildman–Crippen MR) is 105 cm³/mol. The van der Waals surface area contributed by atoms with Crippen LogP contribution in [-0.4, -0.2) is 29.7 Å². The van der Waals surface area contributed by atoms with E-state index in [2.05, 4.69) is 37.3 Å². The van der Waals surface area contributed by atoms with Crippen LogP contribution in [0.15, 0.2) is 16.8 Å². The highest BCUT2D eigenvalue weighted by molar-refractivity contribution is 6.46. The molecule has 0 aromatic rings. The number of amides is 1. The molecule has 25 heavy (non-hydrogen) atoms. The fraction of sp³-hybridized carbons (Fsp3) is 0.737. The summed E-state index contributed by atoms with van der Waals surface area (Å²) in [4.78, 5) is 11.8. The number of hydrogen-bond donors (Lipinski definition) is 3. The number of alkyl carbamates (subject to hydrolysis) is 1. The number of carbonyl (C=O) groups excluding carboxylic acids is 1. The summed E-state index contributed by atoms with van der Waals surface area (Å²) in [6.07, 6.45) is 3.27. The van der Waals surface area contributed by atoms with E-state index in [4.69, 9.17) is 16.0 Å². The Morgan fingerprint density at radius 1 is 1.32 bits per heavy atom. The van der Waals surface area contributed by atoms with Crippen LogP contribution in [0.3, 0.4) is 0 Å². The molecule has 0 aliphatic rings. The quantitative estimate of drug-likeness (QED) is 0.346. The topological polar surface area (TPSA) is 101 Å². The number of nitrogens with zero attached hydrogens (tertiary/aromatic N) is 1. The van der Waals surface area contributed by atoms with Crippen molar-refractivity contribution in [2.45, 2.75) is 73.8 Å². The number of carbonyl (C=O) groups is 1. The van der Waals surface area contributed by atoms with Crippen LogP contribution in [0, 0.1) is 16.7 Å². The number of ether oxygens (including phenoxy) is 1. The van der Waals surface area contributed by atoms with E-state index in [0.29, 0.717) is 18.0 Å². The predicted octanol–water partition coefficient (Wildman–Crippen LogP) is 4.25. The summed E-state index contributed by atoms with van der Waals surface area (Å²) in [5.41, 5.74) is 1.09. The van der Waals surface area contributed by atoms with Crippen molar-refractivity contribution in [3.8, 4) is 0 Å². The molecule has 0 fully saturated rings. The van der Waals surface area contributed by atoms with Crippen LogP contribution in [-0.2, 0) is 4.74 Å². The zero-order valence-corrected chi connectivity index (χ0v) is 17.1. The van der Waals surface area contributed by atoms with E-state index in [0.717, 1.165) is 18.4 Å². The number of allylic oxidation sites excluding steroid dienone is 2. The molecule has 0 aliphatic heterocycles. The van der Waals surface area contributed by atoms with Gasteiger partial charge in [-0.2, -0.15) is 5.10 Å². The van der Waals surface area contributed by atoms with Gasteiger partial charge in [-0.25, -0.2) is 4.79 Å². The van der Waals surface area contributed by atoms with Crippen molar-refractivity contribution in [3.63, 3.8) is 0 Å². The average Bonchev–Trinajstić information content (AvgIpc) is 2.48. The van der Waals surface area contributed by atoms with Gasteiger partial charge in [0.15, 0.2) is 0 Å². The Morgan fingerprint density at radius 2 is 1.88 bits per heavy atom. The van der Waals surface area contributed by atoms with E-state index in [9.17, 15) is 4.79 Å². The highest BCUT2D eigenvalue weighted by Crippen LogP contribution is 2.37. The number of nitrogens with two attached hydrogens (primary N) is 1. The summed E-state index contributed by atoms with van der Waals surface area (Å²) in [7, 11) is 0. The first-order chi connectivity index (χ1) is 11.4. The SMILES string of the molecule is CCC=C(C(=N)C(C)=NN)C(C)(C)C(C)CCNC(=O)OC(C)(C)C. The highest BCUT2D eigenvalue weighted by Gasteiger charge is 2.32. The lowest BCUT2D eigenvalue weighted by atomic mass is 9.70. The third kappa shape index (κ3) is 7.71. The van der Waals surface area contributed by atoms with Crippen LogP contribution in [0.4, 0.5) is 4.79 Å². The fourth-order valence-corrected chi connectivity index (χ4v) is 2.48. The molecule has 0 bridgehead atoms. The molecule has 1 amide bonds. The monoisotopic (exact) mass is 352 g/mol. The molecular weight excluding hydrogens is 316 g/mol. The van der Waals surface area contributed by atoms with E-state index in [1.54, 1.807) is 6.92 Å². The van der Waals surface area contributed by atoms with Crippen molar-refractivity contribution in [3.05, 3.63) is 11.6 Å². The van der Waals surface area contributed by atoms with E-state index in [1.807, 2.05) is 27.7 Å². The van der Waals surface area contributed by atoms with Crippen molar-refractivity contribution >= 4 is 17.5 Å². The zero-order chi connectivity index (χ0) is 19.8. The van der Waals surface area contributed by atoms with Gasteiger partial charge in [0.2, 0.25) is 0 Å². The second-order valence-electron chi connectivity index (χ2n) is 7.96. The first kappa shape index (κ1) is 23.1. The number of rotatable bonds is 8. The van der Waals surface area contributed by atoms with Gasteiger partial charge in [0.05, 0.1) is 11.4 Å². The lowest BCUT2D eigenvalue weighted by Gasteiger charge is -2.35. The van der Waals surface area contributed by atoms with Gasteiger partial charge in [-0.3, -0.25) is 5.41 Å². The summed E-state index contributed by atoms with van der Waals surface area (Å²) >= 11 is 0. The van der Waals surface area contributed by atoms with Gasteiger partial charge in [-0.1, -0.05) is 33.8 Å². The smallest absolute Gasteiger partial charge is 0.407 e. The Balaban J connectivity index is 4.96. The van der Waals surface area contributed by atoms with Gasteiger partial charge in [0, 0.05) is 6.54 Å². The van der Waals surface area contributed by atoms with Gasteiger partial charge in [-0.15, -0.1) is 0 Å². The molecule has 144 valence electrons. The summed E-state index contributed by atoms with van der Waals surface area (Å²) in [6, 6.07) is 0. The maximum atomic E-state index is 11.8. The van der Waals surface area contributed by atoms with Crippen molar-refractivity contribution in [1.82, 2.24) is 5.32 Å². The van der Waals surface area contributed by atoms with Gasteiger partial charge in [-0.05, 0) is 57.4 Å². The van der Waals surface area contributed by atoms with Gasteiger partial charge in [0.1, 0.15) is 5.60 Å². The van der Waals surface area contributed by atoms with E-state index in [-0.39, 0.29) is 11.3 Å². The van der Waals surface area contributed by atoms with Crippen LogP contribution < -0.4 is 11.2 Å². The van der Waals surface area contributed by atoms with Crippen LogP contribution in [0.2, 0.25) is 0 Å². The first-order valence-electron chi connectivity index (χ1n) is 8.88. The third-order valence-electron chi connectivity index (χ3n) is 4.40. The van der Waals surface area contributed by atoms with Crippen molar-refractivity contribution in [2.75, 3.05) is 6.54 Å². The summed E-state index contributed by atoms with van der Waals surface area (Å²) < 4.78 is 5.25. The summed E-state index contributed by atoms with van der Waals surface area (Å²) in [5.74, 6) is 5.59. The maximum absolute atomic E-state index is 11.8. The van der Waals surface area contributed by atoms with E-state index in [1.165, 1.54) is 0 Å². The molecule has 0 saturated heterocycles. The summed E-state index contributed by atoms with van der Waals surface area (Å²) in [5, 5.41) is 14.8. The molecule has 6 nitrogen and oxygen atoms in total. The number of hydrogen-bond acceptors (Lipinski definition) is 5. The van der Waals surface area contributed by atoms with Crippen molar-refractivity contribution in [2.24, 2.45) is 22.3 Å². The molecule has 0 saturated carbocycles. The van der Waals surface area contributed by atoms with Crippen LogP contribution in [0.25, 0.3) is 0 Å². The highest BCUT2D eigenvalue weighted by atomic mass is 16.6. The average molecular weight is 353 g/mol. The van der Waals surface area contributed by atoms with Crippen LogP contribution in [0.5, 0.6) is 0 Å². The maximum Gasteiger partial charge on any atom is 0.407 e. The number of hydrazone groups is 1. The lowest BCUT2D eigenvalue weighted by molar-refractivity contribution is 0.0522. The summed E-state index contributed by atoms with van der Waals surface area (Å²) in [6.45, 7) is 16.2. The Labute approximate surface area is 152 Å². The van der Waals surface area contributed by atoms with Gasteiger partial charge in [0.25, 0.3) is 0 Å². The molecule has 0 aliphatic carbocycles. The lowest BCUT2D eigenvalue weighted by Crippen LogP contribution is -2.36. The Hall–Kier alpha value is -1.85. The van der Waals surface area contributed by atoms with Gasteiger partial charge < -0.3 is 15.9 Å². The normalized spacial score (nSPS) is 14.9. The molecule has 0 radical (unpaired) electrons. The first-order valence-corrected chi connectivity index (χ1v) is 8.88. The molecule has 1 atom stereocenters. The second-order valence-corrected chi connectivity index (χ2v) is 7.96. The van der Waals surface area contributed by atoms with Crippen molar-refractivity contribution in [1.29, 1.82) is 5.41 Å². The minimum absolute atomic E-state index is 0.241. The molecule has 0 spiro atoms. The largest absolute Gasteiger partial charge is 0.444 e. The Kier molecular flexibility index (Phi) is 8.88. The van der Waals surface area contributed by atoms with Gasteiger partial charge >= 0.3 is 6.09 Å². The number of nitrogens with one attached hydrogen (secondary N) is 2. The zero-order valence-electron chi connectivity index (χ0n) is 17.1. The third-order valence-corrected chi connectivity index (χ3v) is 4.40. The minimum atomic E-state index is -0.500. The van der Waals surface area contributed by atoms with Crippen molar-refractivity contribution < 1.29 is 9.53 Å². The Bertz CT molecular complexity index is 528. The van der Waals surface area contributed by atoms with E-state index < -0.39 is 11.7 Å². The molecule has 0 aromatic carbocycles. The Morgan fingerprint density at radius 3 is 2.32 bits per heavy atom. The fourth-order valence-electron chi connectivity index (χ4n) is 2.48. The second kappa shape index (κ2) is 9.59. The molecule has 0 aromatic heterocycles. The van der Waals surface area contributed by atoms with E-state index >= 15 is 0 Å². The molecule has 0 heterocycles. The molecule has 1 unspecified atom stereocenters. The molecule has 6 heteroatoms. The van der Waals surface area contributed by atoms with Crippen LogP contribution in [0.1, 0.15) is 68.2 Å². The van der Waals surface area contributed by atoms with Crippen LogP contribution >= 0.6 is 0 Å². The molecular formula is C19H36N4O2. The molecule has 4 N–H and O–H groups in total. The molecule has 0 rings (SSSR count). The minimum Gasteiger partial charge on any atom is -0.444 e. The standard InChI is InChI=1S/C19H36N4O2/c1-9-10-15(16(20)14(3)23-21)19(7,8)13(2)11-12-22-17(24)25-18(4,5)6/h10,13,20H,9,11-12,21H2,1-8H3,(H,22,24).